The fourth-order valence-electron chi connectivity index (χ4n) is 5.86. The van der Waals surface area contributed by atoms with Crippen molar-refractivity contribution in [3.8, 4) is 5.75 Å². The van der Waals surface area contributed by atoms with Gasteiger partial charge in [-0.15, -0.1) is 24.0 Å². The van der Waals surface area contributed by atoms with Crippen LogP contribution in [0.5, 0.6) is 5.75 Å². The topological polar surface area (TPSA) is 118 Å². The van der Waals surface area contributed by atoms with E-state index in [1.807, 2.05) is 0 Å². The molecule has 1 aromatic heterocycles. The van der Waals surface area contributed by atoms with Crippen LogP contribution in [0.15, 0.2) is 24.4 Å². The van der Waals surface area contributed by atoms with Gasteiger partial charge in [0.05, 0.1) is 11.9 Å². The number of benzene rings is 1. The zero-order valence-corrected chi connectivity index (χ0v) is 24.7. The molecule has 10 nitrogen and oxygen atoms in total. The highest BCUT2D eigenvalue weighted by molar-refractivity contribution is 14.0. The van der Waals surface area contributed by atoms with Crippen molar-refractivity contribution in [2.45, 2.75) is 76.6 Å². The van der Waals surface area contributed by atoms with Gasteiger partial charge in [0.25, 0.3) is 0 Å². The summed E-state index contributed by atoms with van der Waals surface area (Å²) in [5.74, 6) is 0.370. The van der Waals surface area contributed by atoms with Crippen LogP contribution >= 0.6 is 24.0 Å². The first-order valence-corrected chi connectivity index (χ1v) is 12.8. The number of hydrogen-bond acceptors (Lipinski definition) is 8. The number of ether oxygens (including phenoxy) is 1. The summed E-state index contributed by atoms with van der Waals surface area (Å²) in [6, 6.07) is 5.36. The zero-order valence-electron chi connectivity index (χ0n) is 22.4. The molecule has 0 spiro atoms. The first kappa shape index (κ1) is 28.3. The minimum atomic E-state index is -0.974. The third-order valence-corrected chi connectivity index (χ3v) is 7.57. The lowest BCUT2D eigenvalue weighted by Crippen LogP contribution is -2.56. The largest absolute Gasteiger partial charge is 0.478 e. The summed E-state index contributed by atoms with van der Waals surface area (Å²) in [6.07, 6.45) is 5.39. The van der Waals surface area contributed by atoms with E-state index >= 15 is 0 Å². The maximum absolute atomic E-state index is 14.7. The van der Waals surface area contributed by atoms with Gasteiger partial charge < -0.3 is 20.7 Å². The fourth-order valence-corrected chi connectivity index (χ4v) is 5.86. The third-order valence-electron chi connectivity index (χ3n) is 7.57. The molecule has 2 atom stereocenters. The van der Waals surface area contributed by atoms with Crippen LogP contribution in [0.4, 0.5) is 32.3 Å². The zero-order chi connectivity index (χ0) is 26.5. The first-order chi connectivity index (χ1) is 17.5. The molecular weight excluding hydrogens is 602 g/mol. The van der Waals surface area contributed by atoms with E-state index in [0.29, 0.717) is 23.2 Å². The van der Waals surface area contributed by atoms with Crippen LogP contribution < -0.4 is 25.6 Å². The number of piperidine rings is 1. The maximum atomic E-state index is 14.7. The standard InChI is InChI=1S/C26H35FN8O2.HI.2H2/c1-25(2)13-16(11-17-7-6-10-34(17)25)31-21-18(27)14-30-23(33-21)32-15-8-9-20-19(12-15)35(24(36)29-5)22(28)26(3,4)37-20;;;/h8-9,12,14,16-17,28H,6-7,10-11,13H2,1-5H3,(H,29,36)(H2,30,31,32,33);3*1H/t16-,17+;;;/m1.../s1. The Labute approximate surface area is 242 Å². The van der Waals surface area contributed by atoms with Crippen molar-refractivity contribution in [2.24, 2.45) is 0 Å². The molecule has 4 heterocycles. The monoisotopic (exact) mass is 642 g/mol. The van der Waals surface area contributed by atoms with Crippen LogP contribution in [0.2, 0.25) is 0 Å². The molecule has 0 bridgehead atoms. The molecule has 3 aliphatic heterocycles. The highest BCUT2D eigenvalue weighted by atomic mass is 127. The Kier molecular flexibility index (Phi) is 7.77. The van der Waals surface area contributed by atoms with E-state index in [-0.39, 0.29) is 56.0 Å². The number of hydrogen-bond donors (Lipinski definition) is 4. The van der Waals surface area contributed by atoms with E-state index in [4.69, 9.17) is 10.1 Å². The number of carbonyl (C=O) groups is 1. The van der Waals surface area contributed by atoms with Gasteiger partial charge >= 0.3 is 6.03 Å². The van der Waals surface area contributed by atoms with Crippen LogP contribution in [-0.4, -0.2) is 63.6 Å². The second kappa shape index (κ2) is 10.4. The Balaban J connectivity index is 0.00000187. The van der Waals surface area contributed by atoms with Crippen LogP contribution in [0.25, 0.3) is 0 Å². The second-order valence-corrected chi connectivity index (χ2v) is 11.1. The van der Waals surface area contributed by atoms with Gasteiger partial charge in [0.15, 0.2) is 23.1 Å². The van der Waals surface area contributed by atoms with Gasteiger partial charge in [0.1, 0.15) is 5.75 Å². The summed E-state index contributed by atoms with van der Waals surface area (Å²) < 4.78 is 20.7. The Morgan fingerprint density at radius 1 is 1.29 bits per heavy atom. The van der Waals surface area contributed by atoms with Gasteiger partial charge in [-0.05, 0) is 78.1 Å². The van der Waals surface area contributed by atoms with E-state index in [9.17, 15) is 9.18 Å². The average Bonchev–Trinajstić information content (AvgIpc) is 3.31. The van der Waals surface area contributed by atoms with Crippen LogP contribution in [0.3, 0.4) is 0 Å². The Hall–Kier alpha value is -2.74. The first-order valence-electron chi connectivity index (χ1n) is 12.8. The molecule has 5 rings (SSSR count). The van der Waals surface area contributed by atoms with Gasteiger partial charge in [-0.25, -0.2) is 19.1 Å². The van der Waals surface area contributed by atoms with Gasteiger partial charge in [0, 0.05) is 33.2 Å². The van der Waals surface area contributed by atoms with Crippen molar-refractivity contribution in [1.82, 2.24) is 20.2 Å². The summed E-state index contributed by atoms with van der Waals surface area (Å²) >= 11 is 0. The number of nitrogens with one attached hydrogen (secondary N) is 4. The van der Waals surface area contributed by atoms with Gasteiger partial charge in [-0.2, -0.15) is 4.98 Å². The van der Waals surface area contributed by atoms with E-state index in [0.717, 1.165) is 25.6 Å². The predicted octanol–water partition coefficient (Wildman–Crippen LogP) is 5.58. The molecule has 0 unspecified atom stereocenters. The molecule has 38 heavy (non-hydrogen) atoms. The van der Waals surface area contributed by atoms with Crippen LogP contribution in [0, 0.1) is 11.2 Å². The molecule has 2 amide bonds. The number of amides is 2. The fraction of sp³-hybridized carbons (Fsp3) is 0.538. The summed E-state index contributed by atoms with van der Waals surface area (Å²) in [6.45, 7) is 9.11. The number of carbonyl (C=O) groups excluding carboxylic acids is 1. The van der Waals surface area contributed by atoms with Gasteiger partial charge in [0.2, 0.25) is 5.95 Å². The molecule has 1 aromatic carbocycles. The number of anilines is 4. The molecule has 0 saturated carbocycles. The highest BCUT2D eigenvalue weighted by Crippen LogP contribution is 2.41. The van der Waals surface area contributed by atoms with E-state index in [1.54, 1.807) is 32.0 Å². The molecule has 2 fully saturated rings. The number of amidine groups is 1. The van der Waals surface area contributed by atoms with Crippen LogP contribution in [-0.2, 0) is 0 Å². The smallest absolute Gasteiger partial charge is 0.327 e. The SMILES string of the molecule is CNC(=O)N1C(=N)C(C)(C)Oc2ccc(Nc3ncc(F)c(N[C@@H]4C[C@@H]5CCCN5C(C)(C)C4)n3)cc21.I.[HH].[HH]. The van der Waals surface area contributed by atoms with Crippen molar-refractivity contribution in [1.29, 1.82) is 5.41 Å². The second-order valence-electron chi connectivity index (χ2n) is 11.1. The number of fused-ring (bicyclic) bond motifs is 2. The number of aromatic nitrogens is 2. The van der Waals surface area contributed by atoms with Gasteiger partial charge in [-0.3, -0.25) is 10.3 Å². The van der Waals surface area contributed by atoms with Crippen molar-refractivity contribution in [3.05, 3.63) is 30.2 Å². The Bertz CT molecular complexity index is 1250. The molecule has 2 aromatic rings. The predicted molar refractivity (Wildman–Crippen MR) is 161 cm³/mol. The summed E-state index contributed by atoms with van der Waals surface area (Å²) in [5.41, 5.74) is 0.0609. The number of urea groups is 1. The number of nitrogens with zero attached hydrogens (tertiary/aromatic N) is 4. The molecule has 210 valence electrons. The molecular formula is C26H40FIN8O2. The van der Waals surface area contributed by atoms with Gasteiger partial charge in [-0.1, -0.05) is 0 Å². The Morgan fingerprint density at radius 2 is 2.05 bits per heavy atom. The minimum absolute atomic E-state index is 0. The Morgan fingerprint density at radius 3 is 2.79 bits per heavy atom. The quantitative estimate of drug-likeness (QED) is 0.322. The summed E-state index contributed by atoms with van der Waals surface area (Å²) in [7, 11) is 1.51. The number of halogens is 2. The normalized spacial score (nSPS) is 23.4. The summed E-state index contributed by atoms with van der Waals surface area (Å²) in [4.78, 5) is 25.0. The van der Waals surface area contributed by atoms with Crippen molar-refractivity contribution in [2.75, 3.05) is 29.1 Å². The minimum Gasteiger partial charge on any atom is -0.478 e. The number of rotatable bonds is 4. The molecule has 2 saturated heterocycles. The highest BCUT2D eigenvalue weighted by Gasteiger charge is 2.43. The lowest BCUT2D eigenvalue weighted by Gasteiger charge is -2.47. The third kappa shape index (κ3) is 5.24. The van der Waals surface area contributed by atoms with Crippen molar-refractivity contribution in [3.63, 3.8) is 0 Å². The molecule has 4 N–H and O–H groups in total. The molecule has 3 aliphatic rings. The van der Waals surface area contributed by atoms with E-state index in [2.05, 4.69) is 44.7 Å². The van der Waals surface area contributed by atoms with Crippen LogP contribution in [0.1, 0.15) is 56.2 Å². The van der Waals surface area contributed by atoms with E-state index in [1.165, 1.54) is 24.8 Å². The maximum Gasteiger partial charge on any atom is 0.327 e. The lowest BCUT2D eigenvalue weighted by molar-refractivity contribution is 0.0500. The molecule has 0 aliphatic carbocycles. The molecule has 12 heteroatoms. The molecule has 0 radical (unpaired) electrons. The van der Waals surface area contributed by atoms with Crippen molar-refractivity contribution >= 4 is 59.0 Å². The van der Waals surface area contributed by atoms with E-state index < -0.39 is 17.4 Å². The van der Waals surface area contributed by atoms with Crippen molar-refractivity contribution < 1.29 is 16.8 Å². The lowest BCUT2D eigenvalue weighted by atomic mass is 9.84. The average molecular weight is 643 g/mol. The summed E-state index contributed by atoms with van der Waals surface area (Å²) in [5, 5.41) is 17.5.